The predicted molar refractivity (Wildman–Crippen MR) is 96.7 cm³/mol. The van der Waals surface area contributed by atoms with Crippen LogP contribution in [0.3, 0.4) is 0 Å². The van der Waals surface area contributed by atoms with E-state index in [1.165, 1.54) is 28.5 Å². The first-order valence-electron chi connectivity index (χ1n) is 7.23. The van der Waals surface area contributed by atoms with Crippen molar-refractivity contribution in [1.82, 2.24) is 10.2 Å². The minimum absolute atomic E-state index is 0.0616. The summed E-state index contributed by atoms with van der Waals surface area (Å²) in [6.45, 7) is 2.06. The molecule has 122 valence electrons. The molecule has 0 fully saturated rings. The Kier molecular flexibility index (Phi) is 5.12. The van der Waals surface area contributed by atoms with Crippen molar-refractivity contribution in [3.8, 4) is 5.75 Å². The lowest BCUT2D eigenvalue weighted by Gasteiger charge is -2.02. The Bertz CT molecular complexity index is 847. The number of carbonyl (C=O) groups excluding carboxylic acids is 1. The second-order valence-corrected chi connectivity index (χ2v) is 7.32. The molecule has 0 atom stereocenters. The van der Waals surface area contributed by atoms with E-state index in [-0.39, 0.29) is 11.3 Å². The minimum atomic E-state index is -0.403. The van der Waals surface area contributed by atoms with Crippen LogP contribution in [0, 0.1) is 6.92 Å². The third-order valence-electron chi connectivity index (χ3n) is 3.26. The summed E-state index contributed by atoms with van der Waals surface area (Å²) in [4.78, 5) is 12.1. The van der Waals surface area contributed by atoms with E-state index in [1.54, 1.807) is 30.0 Å². The van der Waals surface area contributed by atoms with Gasteiger partial charge in [-0.2, -0.15) is 0 Å². The highest BCUT2D eigenvalue weighted by Crippen LogP contribution is 2.29. The van der Waals surface area contributed by atoms with Crippen molar-refractivity contribution in [3.63, 3.8) is 0 Å². The minimum Gasteiger partial charge on any atom is -0.507 e. The molecule has 0 aliphatic heterocycles. The van der Waals surface area contributed by atoms with Crippen molar-refractivity contribution in [1.29, 1.82) is 0 Å². The average Bonchev–Trinajstić information content (AvgIpc) is 3.02. The Morgan fingerprint density at radius 3 is 2.67 bits per heavy atom. The van der Waals surface area contributed by atoms with Gasteiger partial charge in [0, 0.05) is 5.75 Å². The second-order valence-electron chi connectivity index (χ2n) is 5.12. The molecule has 5 nitrogen and oxygen atoms in total. The highest BCUT2D eigenvalue weighted by molar-refractivity contribution is 8.00. The number of amides is 1. The topological polar surface area (TPSA) is 75.1 Å². The smallest absolute Gasteiger partial charge is 0.261 e. The van der Waals surface area contributed by atoms with Gasteiger partial charge in [0.15, 0.2) is 4.34 Å². The Morgan fingerprint density at radius 2 is 1.92 bits per heavy atom. The molecule has 1 aromatic heterocycles. The van der Waals surface area contributed by atoms with Crippen LogP contribution < -0.4 is 5.32 Å². The first-order valence-corrected chi connectivity index (χ1v) is 9.03. The summed E-state index contributed by atoms with van der Waals surface area (Å²) in [5.41, 5.74) is 2.65. The molecular formula is C17H15N3O2S2. The first-order chi connectivity index (χ1) is 11.6. The van der Waals surface area contributed by atoms with Gasteiger partial charge in [-0.25, -0.2) is 0 Å². The van der Waals surface area contributed by atoms with Crippen molar-refractivity contribution in [2.24, 2.45) is 0 Å². The highest BCUT2D eigenvalue weighted by Gasteiger charge is 2.13. The molecule has 7 heteroatoms. The van der Waals surface area contributed by atoms with Gasteiger partial charge in [-0.1, -0.05) is 65.1 Å². The zero-order valence-electron chi connectivity index (χ0n) is 12.9. The van der Waals surface area contributed by atoms with E-state index in [9.17, 15) is 9.90 Å². The molecule has 3 rings (SSSR count). The lowest BCUT2D eigenvalue weighted by Crippen LogP contribution is -2.11. The fourth-order valence-electron chi connectivity index (χ4n) is 1.98. The summed E-state index contributed by atoms with van der Waals surface area (Å²) in [6, 6.07) is 14.7. The van der Waals surface area contributed by atoms with Crippen LogP contribution in [-0.4, -0.2) is 21.2 Å². The zero-order valence-corrected chi connectivity index (χ0v) is 14.5. The summed E-state index contributed by atoms with van der Waals surface area (Å²) < 4.78 is 0.781. The Hall–Kier alpha value is -2.38. The van der Waals surface area contributed by atoms with Crippen LogP contribution >= 0.6 is 23.1 Å². The number of aryl methyl sites for hydroxylation is 1. The molecule has 3 aromatic rings. The molecule has 1 heterocycles. The molecule has 0 aliphatic rings. The SMILES string of the molecule is Cc1ccc(CSc2nnc(NC(=O)c3ccccc3O)s2)cc1. The lowest BCUT2D eigenvalue weighted by molar-refractivity contribution is 0.102. The summed E-state index contributed by atoms with van der Waals surface area (Å²) in [5, 5.41) is 20.8. The number of phenols is 1. The second kappa shape index (κ2) is 7.46. The van der Waals surface area contributed by atoms with Crippen molar-refractivity contribution < 1.29 is 9.90 Å². The van der Waals surface area contributed by atoms with Crippen molar-refractivity contribution in [3.05, 3.63) is 65.2 Å². The van der Waals surface area contributed by atoms with Crippen molar-refractivity contribution >= 4 is 34.1 Å². The molecule has 0 aliphatic carbocycles. The third-order valence-corrected chi connectivity index (χ3v) is 5.30. The summed E-state index contributed by atoms with van der Waals surface area (Å²) in [7, 11) is 0. The van der Waals surface area contributed by atoms with Crippen molar-refractivity contribution in [2.45, 2.75) is 17.0 Å². The maximum Gasteiger partial charge on any atom is 0.261 e. The number of hydrogen-bond acceptors (Lipinski definition) is 6. The summed E-state index contributed by atoms with van der Waals surface area (Å²) in [6.07, 6.45) is 0. The van der Waals surface area contributed by atoms with E-state index < -0.39 is 5.91 Å². The summed E-state index contributed by atoms with van der Waals surface area (Å²) in [5.74, 6) is 0.329. The number of phenolic OH excluding ortho intramolecular Hbond substituents is 1. The number of aromatic nitrogens is 2. The van der Waals surface area contributed by atoms with Crippen LogP contribution in [0.1, 0.15) is 21.5 Å². The molecule has 0 spiro atoms. The maximum absolute atomic E-state index is 12.1. The van der Waals surface area contributed by atoms with Gasteiger partial charge in [-0.3, -0.25) is 10.1 Å². The Morgan fingerprint density at radius 1 is 1.17 bits per heavy atom. The van der Waals surface area contributed by atoms with E-state index in [4.69, 9.17) is 0 Å². The maximum atomic E-state index is 12.1. The van der Waals surface area contributed by atoms with Crippen LogP contribution in [0.25, 0.3) is 0 Å². The fourth-order valence-corrected chi connectivity index (χ4v) is 3.68. The number of anilines is 1. The largest absolute Gasteiger partial charge is 0.507 e. The molecule has 2 N–H and O–H groups in total. The van der Waals surface area contributed by atoms with Crippen LogP contribution in [0.4, 0.5) is 5.13 Å². The number of hydrogen-bond donors (Lipinski definition) is 2. The number of benzene rings is 2. The van der Waals surface area contributed by atoms with E-state index in [0.717, 1.165) is 10.1 Å². The molecule has 2 aromatic carbocycles. The molecule has 0 saturated carbocycles. The standard InChI is InChI=1S/C17H15N3O2S2/c1-11-6-8-12(9-7-11)10-23-17-20-19-16(24-17)18-15(22)13-4-2-3-5-14(13)21/h2-9,21H,10H2,1H3,(H,18,19,22). The van der Waals surface area contributed by atoms with Gasteiger partial charge < -0.3 is 5.11 Å². The number of thioether (sulfide) groups is 1. The lowest BCUT2D eigenvalue weighted by atomic mass is 10.2. The quantitative estimate of drug-likeness (QED) is 0.531. The number of rotatable bonds is 5. The average molecular weight is 357 g/mol. The molecule has 0 radical (unpaired) electrons. The van der Waals surface area contributed by atoms with E-state index in [0.29, 0.717) is 5.13 Å². The third kappa shape index (κ3) is 4.12. The molecule has 1 amide bonds. The molecule has 0 unspecified atom stereocenters. The Balaban J connectivity index is 1.60. The van der Waals surface area contributed by atoms with Crippen LogP contribution in [0.5, 0.6) is 5.75 Å². The molecule has 24 heavy (non-hydrogen) atoms. The van der Waals surface area contributed by atoms with Gasteiger partial charge in [-0.15, -0.1) is 10.2 Å². The van der Waals surface area contributed by atoms with E-state index in [1.807, 2.05) is 0 Å². The van der Waals surface area contributed by atoms with Gasteiger partial charge in [0.1, 0.15) is 5.75 Å². The number of aromatic hydroxyl groups is 1. The Labute approximate surface area is 147 Å². The number of nitrogens with zero attached hydrogens (tertiary/aromatic N) is 2. The van der Waals surface area contributed by atoms with Gasteiger partial charge >= 0.3 is 0 Å². The molecule has 0 saturated heterocycles. The monoisotopic (exact) mass is 357 g/mol. The van der Waals surface area contributed by atoms with Gasteiger partial charge in [-0.05, 0) is 24.6 Å². The number of carbonyl (C=O) groups is 1. The van der Waals surface area contributed by atoms with Crippen LogP contribution in [0.15, 0.2) is 52.9 Å². The summed E-state index contributed by atoms with van der Waals surface area (Å²) >= 11 is 2.88. The van der Waals surface area contributed by atoms with Gasteiger partial charge in [0.05, 0.1) is 5.56 Å². The predicted octanol–water partition coefficient (Wildman–Crippen LogP) is 4.10. The molecule has 0 bridgehead atoms. The normalized spacial score (nSPS) is 10.5. The van der Waals surface area contributed by atoms with Crippen molar-refractivity contribution in [2.75, 3.05) is 5.32 Å². The molecular weight excluding hydrogens is 342 g/mol. The van der Waals surface area contributed by atoms with Gasteiger partial charge in [0.25, 0.3) is 5.91 Å². The van der Waals surface area contributed by atoms with Gasteiger partial charge in [0.2, 0.25) is 5.13 Å². The first kappa shape index (κ1) is 16.5. The van der Waals surface area contributed by atoms with E-state index >= 15 is 0 Å². The highest BCUT2D eigenvalue weighted by atomic mass is 32.2. The number of para-hydroxylation sites is 1. The number of nitrogens with one attached hydrogen (secondary N) is 1. The zero-order chi connectivity index (χ0) is 16.9. The van der Waals surface area contributed by atoms with Crippen LogP contribution in [-0.2, 0) is 5.75 Å². The van der Waals surface area contributed by atoms with E-state index in [2.05, 4.69) is 46.7 Å². The van der Waals surface area contributed by atoms with Crippen LogP contribution in [0.2, 0.25) is 0 Å². The fraction of sp³-hybridized carbons (Fsp3) is 0.118.